The first-order valence-electron chi connectivity index (χ1n) is 7.00. The van der Waals surface area contributed by atoms with Crippen molar-refractivity contribution in [2.24, 2.45) is 0 Å². The third-order valence-corrected chi connectivity index (χ3v) is 3.85. The molecule has 1 heterocycles. The van der Waals surface area contributed by atoms with Crippen molar-refractivity contribution in [3.63, 3.8) is 0 Å². The zero-order valence-corrected chi connectivity index (χ0v) is 11.7. The van der Waals surface area contributed by atoms with Gasteiger partial charge in [-0.15, -0.1) is 0 Å². The molecular weight excluding hydrogens is 246 g/mol. The van der Waals surface area contributed by atoms with Gasteiger partial charge in [0.15, 0.2) is 0 Å². The number of hydrogen-bond acceptors (Lipinski definition) is 1. The molecule has 0 amide bonds. The van der Waals surface area contributed by atoms with Crippen molar-refractivity contribution in [3.05, 3.63) is 72.4 Å². The largest absolute Gasteiger partial charge is 0.371 e. The number of fused-ring (bicyclic) bond motifs is 1. The van der Waals surface area contributed by atoms with E-state index in [-0.39, 0.29) is 0 Å². The fraction of sp³-hybridized carbons (Fsp3) is 0.222. The van der Waals surface area contributed by atoms with Crippen molar-refractivity contribution in [1.29, 1.82) is 0 Å². The Bertz CT molecular complexity index is 698. The molecule has 0 aliphatic rings. The van der Waals surface area contributed by atoms with E-state index in [2.05, 4.69) is 18.2 Å². The van der Waals surface area contributed by atoms with Gasteiger partial charge in [0.2, 0.25) is 0 Å². The lowest BCUT2D eigenvalue weighted by atomic mass is 10.0. The summed E-state index contributed by atoms with van der Waals surface area (Å²) in [7, 11) is 0. The second kappa shape index (κ2) is 5.14. The molecule has 1 aromatic heterocycles. The SMILES string of the molecule is CC(O)(CCc1ccccc1)n1ccc2ccccc21. The van der Waals surface area contributed by atoms with Crippen molar-refractivity contribution >= 4 is 10.9 Å². The minimum atomic E-state index is -0.876. The molecule has 1 atom stereocenters. The van der Waals surface area contributed by atoms with Crippen LogP contribution in [-0.2, 0) is 12.1 Å². The van der Waals surface area contributed by atoms with Gasteiger partial charge in [0.05, 0.1) is 5.52 Å². The Kier molecular flexibility index (Phi) is 3.33. The standard InChI is InChI=1S/C18H19NO/c1-18(20,13-11-15-7-3-2-4-8-15)19-14-12-16-9-5-6-10-17(16)19/h2-10,12,14,20H,11,13H2,1H3. The van der Waals surface area contributed by atoms with Crippen LogP contribution in [0.3, 0.4) is 0 Å². The van der Waals surface area contributed by atoms with Crippen molar-refractivity contribution in [3.8, 4) is 0 Å². The predicted molar refractivity (Wildman–Crippen MR) is 82.6 cm³/mol. The molecule has 0 bridgehead atoms. The Morgan fingerprint density at radius 1 is 0.950 bits per heavy atom. The topological polar surface area (TPSA) is 25.2 Å². The highest BCUT2D eigenvalue weighted by Crippen LogP contribution is 2.26. The molecule has 0 fully saturated rings. The Morgan fingerprint density at radius 2 is 1.65 bits per heavy atom. The number of rotatable bonds is 4. The normalized spacial score (nSPS) is 14.3. The van der Waals surface area contributed by atoms with Gasteiger partial charge in [0.25, 0.3) is 0 Å². The lowest BCUT2D eigenvalue weighted by Gasteiger charge is -2.26. The molecule has 20 heavy (non-hydrogen) atoms. The van der Waals surface area contributed by atoms with E-state index in [4.69, 9.17) is 0 Å². The molecule has 3 rings (SSSR count). The molecular formula is C18H19NO. The summed E-state index contributed by atoms with van der Waals surface area (Å²) in [5, 5.41) is 12.0. The number of aryl methyl sites for hydroxylation is 1. The van der Waals surface area contributed by atoms with E-state index in [1.165, 1.54) is 5.56 Å². The molecule has 0 aliphatic carbocycles. The highest BCUT2D eigenvalue weighted by atomic mass is 16.3. The van der Waals surface area contributed by atoms with E-state index in [1.54, 1.807) is 0 Å². The van der Waals surface area contributed by atoms with Crippen molar-refractivity contribution < 1.29 is 5.11 Å². The molecule has 2 aromatic carbocycles. The zero-order chi connectivity index (χ0) is 14.0. The van der Waals surface area contributed by atoms with Crippen LogP contribution in [0.25, 0.3) is 10.9 Å². The summed E-state index contributed by atoms with van der Waals surface area (Å²) >= 11 is 0. The molecule has 0 radical (unpaired) electrons. The molecule has 0 spiro atoms. The molecule has 2 heteroatoms. The van der Waals surface area contributed by atoms with Gasteiger partial charge in [-0.1, -0.05) is 48.5 Å². The molecule has 1 N–H and O–H groups in total. The number of nitrogens with zero attached hydrogens (tertiary/aromatic N) is 1. The Balaban J connectivity index is 1.84. The summed E-state index contributed by atoms with van der Waals surface area (Å²) < 4.78 is 1.96. The molecule has 0 aliphatic heterocycles. The molecule has 0 saturated carbocycles. The predicted octanol–water partition coefficient (Wildman–Crippen LogP) is 3.94. The second-order valence-corrected chi connectivity index (χ2v) is 5.45. The van der Waals surface area contributed by atoms with E-state index in [9.17, 15) is 5.11 Å². The highest BCUT2D eigenvalue weighted by Gasteiger charge is 2.23. The van der Waals surface area contributed by atoms with Gasteiger partial charge in [0, 0.05) is 6.20 Å². The third kappa shape index (κ3) is 2.47. The quantitative estimate of drug-likeness (QED) is 0.759. The van der Waals surface area contributed by atoms with Crippen molar-refractivity contribution in [2.45, 2.75) is 25.5 Å². The van der Waals surface area contributed by atoms with E-state index >= 15 is 0 Å². The number of hydrogen-bond donors (Lipinski definition) is 1. The fourth-order valence-corrected chi connectivity index (χ4v) is 2.65. The first-order valence-corrected chi connectivity index (χ1v) is 7.00. The number of benzene rings is 2. The van der Waals surface area contributed by atoms with Crippen LogP contribution in [0.1, 0.15) is 18.9 Å². The van der Waals surface area contributed by atoms with Crippen LogP contribution in [0.5, 0.6) is 0 Å². The lowest BCUT2D eigenvalue weighted by Crippen LogP contribution is -2.29. The van der Waals surface area contributed by atoms with Crippen LogP contribution in [0, 0.1) is 0 Å². The van der Waals surface area contributed by atoms with Gasteiger partial charge < -0.3 is 9.67 Å². The van der Waals surface area contributed by atoms with Crippen molar-refractivity contribution in [2.75, 3.05) is 0 Å². The van der Waals surface area contributed by atoms with E-state index in [0.717, 1.165) is 17.3 Å². The van der Waals surface area contributed by atoms with Gasteiger partial charge in [-0.25, -0.2) is 0 Å². The zero-order valence-electron chi connectivity index (χ0n) is 11.7. The number of aliphatic hydroxyl groups is 1. The highest BCUT2D eigenvalue weighted by molar-refractivity contribution is 5.80. The average Bonchev–Trinajstić information content (AvgIpc) is 2.91. The summed E-state index contributed by atoms with van der Waals surface area (Å²) in [5.41, 5.74) is 1.45. The minimum absolute atomic E-state index is 0.690. The number of aromatic nitrogens is 1. The summed E-state index contributed by atoms with van der Waals surface area (Å²) in [4.78, 5) is 0. The van der Waals surface area contributed by atoms with Gasteiger partial charge in [-0.2, -0.15) is 0 Å². The Labute approximate surface area is 119 Å². The van der Waals surface area contributed by atoms with Crippen LogP contribution in [0.15, 0.2) is 66.9 Å². The summed E-state index contributed by atoms with van der Waals surface area (Å²) in [5.74, 6) is 0. The smallest absolute Gasteiger partial charge is 0.139 e. The van der Waals surface area contributed by atoms with E-state index in [1.807, 2.05) is 60.2 Å². The van der Waals surface area contributed by atoms with Gasteiger partial charge in [0.1, 0.15) is 5.72 Å². The monoisotopic (exact) mass is 265 g/mol. The van der Waals surface area contributed by atoms with Crippen LogP contribution < -0.4 is 0 Å². The average molecular weight is 265 g/mol. The maximum absolute atomic E-state index is 10.8. The minimum Gasteiger partial charge on any atom is -0.371 e. The fourth-order valence-electron chi connectivity index (χ4n) is 2.65. The molecule has 0 saturated heterocycles. The van der Waals surface area contributed by atoms with Crippen LogP contribution >= 0.6 is 0 Å². The molecule has 102 valence electrons. The van der Waals surface area contributed by atoms with E-state index in [0.29, 0.717) is 6.42 Å². The Hall–Kier alpha value is -2.06. The first kappa shape index (κ1) is 12.9. The lowest BCUT2D eigenvalue weighted by molar-refractivity contribution is -0.0221. The molecule has 1 unspecified atom stereocenters. The van der Waals surface area contributed by atoms with Gasteiger partial charge in [-0.3, -0.25) is 0 Å². The summed E-state index contributed by atoms with van der Waals surface area (Å²) in [6.07, 6.45) is 3.52. The molecule has 2 nitrogen and oxygen atoms in total. The maximum atomic E-state index is 10.8. The maximum Gasteiger partial charge on any atom is 0.139 e. The van der Waals surface area contributed by atoms with Gasteiger partial charge in [-0.05, 0) is 42.8 Å². The van der Waals surface area contributed by atoms with Gasteiger partial charge >= 0.3 is 0 Å². The van der Waals surface area contributed by atoms with E-state index < -0.39 is 5.72 Å². The third-order valence-electron chi connectivity index (χ3n) is 3.85. The number of para-hydroxylation sites is 1. The Morgan fingerprint density at radius 3 is 2.45 bits per heavy atom. The van der Waals surface area contributed by atoms with Crippen LogP contribution in [0.2, 0.25) is 0 Å². The summed E-state index contributed by atoms with van der Waals surface area (Å²) in [6, 6.07) is 20.5. The van der Waals surface area contributed by atoms with Crippen molar-refractivity contribution in [1.82, 2.24) is 4.57 Å². The molecule has 3 aromatic rings. The summed E-state index contributed by atoms with van der Waals surface area (Å²) in [6.45, 7) is 1.88. The van der Waals surface area contributed by atoms with Crippen LogP contribution in [0.4, 0.5) is 0 Å². The van der Waals surface area contributed by atoms with Crippen LogP contribution in [-0.4, -0.2) is 9.67 Å². The second-order valence-electron chi connectivity index (χ2n) is 5.45. The first-order chi connectivity index (χ1) is 9.67.